The molecular formula is C18H28N2O. The molecule has 3 N–H and O–H groups in total. The molecule has 3 heteroatoms. The van der Waals surface area contributed by atoms with Crippen molar-refractivity contribution in [1.29, 1.82) is 0 Å². The van der Waals surface area contributed by atoms with Gasteiger partial charge in [-0.05, 0) is 62.9 Å². The average molecular weight is 288 g/mol. The highest BCUT2D eigenvalue weighted by Gasteiger charge is 2.44. The summed E-state index contributed by atoms with van der Waals surface area (Å²) in [5.74, 6) is 0.332. The quantitative estimate of drug-likeness (QED) is 0.895. The third-order valence-electron chi connectivity index (χ3n) is 5.54. The number of piperidine rings is 1. The summed E-state index contributed by atoms with van der Waals surface area (Å²) in [6.45, 7) is 2.45. The molecule has 1 unspecified atom stereocenters. The molecule has 1 aliphatic carbocycles. The fourth-order valence-electron chi connectivity index (χ4n) is 4.32. The monoisotopic (exact) mass is 288 g/mol. The largest absolute Gasteiger partial charge is 0.508 e. The van der Waals surface area contributed by atoms with Gasteiger partial charge in [0, 0.05) is 11.6 Å². The molecule has 1 saturated heterocycles. The Morgan fingerprint density at radius 2 is 1.62 bits per heavy atom. The molecule has 0 aromatic heterocycles. The fourth-order valence-corrected chi connectivity index (χ4v) is 4.32. The SMILES string of the molecule is NC(Cc1ccc(O)cc1)C1(N2CCCCC2)CCCC1. The molecule has 1 atom stereocenters. The minimum absolute atomic E-state index is 0.197. The van der Waals surface area contributed by atoms with Gasteiger partial charge in [-0.2, -0.15) is 0 Å². The molecule has 1 saturated carbocycles. The number of phenols is 1. The third kappa shape index (κ3) is 3.09. The standard InChI is InChI=1S/C18H28N2O/c19-17(14-15-6-8-16(21)9-7-15)18(10-2-3-11-18)20-12-4-1-5-13-20/h6-9,17,21H,1-5,10-14,19H2. The Hall–Kier alpha value is -1.06. The Kier molecular flexibility index (Phi) is 4.51. The van der Waals surface area contributed by atoms with Crippen LogP contribution in [0, 0.1) is 0 Å². The second-order valence-electron chi connectivity index (χ2n) is 6.84. The maximum Gasteiger partial charge on any atom is 0.115 e. The molecule has 0 radical (unpaired) electrons. The van der Waals surface area contributed by atoms with E-state index in [9.17, 15) is 5.11 Å². The van der Waals surface area contributed by atoms with Gasteiger partial charge >= 0.3 is 0 Å². The van der Waals surface area contributed by atoms with E-state index in [2.05, 4.69) is 4.90 Å². The molecule has 1 aliphatic heterocycles. The number of rotatable bonds is 4. The summed E-state index contributed by atoms with van der Waals surface area (Å²) in [6.07, 6.45) is 10.1. The predicted octanol–water partition coefficient (Wildman–Crippen LogP) is 3.06. The molecule has 1 aromatic carbocycles. The smallest absolute Gasteiger partial charge is 0.115 e. The van der Waals surface area contributed by atoms with Crippen molar-refractivity contribution in [2.75, 3.05) is 13.1 Å². The molecule has 0 amide bonds. The van der Waals surface area contributed by atoms with E-state index >= 15 is 0 Å². The van der Waals surface area contributed by atoms with E-state index in [-0.39, 0.29) is 11.6 Å². The van der Waals surface area contributed by atoms with Crippen LogP contribution in [-0.2, 0) is 6.42 Å². The first kappa shape index (κ1) is 14.9. The molecule has 116 valence electrons. The van der Waals surface area contributed by atoms with Gasteiger partial charge in [0.25, 0.3) is 0 Å². The van der Waals surface area contributed by atoms with Crippen LogP contribution in [0.4, 0.5) is 0 Å². The van der Waals surface area contributed by atoms with Crippen LogP contribution in [0.2, 0.25) is 0 Å². The Labute approximate surface area is 128 Å². The lowest BCUT2D eigenvalue weighted by atomic mass is 9.82. The first-order chi connectivity index (χ1) is 10.2. The topological polar surface area (TPSA) is 49.5 Å². The Balaban J connectivity index is 1.74. The van der Waals surface area contributed by atoms with Crippen molar-refractivity contribution in [1.82, 2.24) is 4.90 Å². The Morgan fingerprint density at radius 3 is 2.24 bits per heavy atom. The van der Waals surface area contributed by atoms with Crippen molar-refractivity contribution in [3.63, 3.8) is 0 Å². The minimum atomic E-state index is 0.197. The summed E-state index contributed by atoms with van der Waals surface area (Å²) < 4.78 is 0. The first-order valence-corrected chi connectivity index (χ1v) is 8.49. The lowest BCUT2D eigenvalue weighted by Gasteiger charge is -2.47. The molecule has 1 aromatic rings. The molecule has 1 heterocycles. The predicted molar refractivity (Wildman–Crippen MR) is 86.4 cm³/mol. The number of hydrogen-bond acceptors (Lipinski definition) is 3. The zero-order valence-corrected chi connectivity index (χ0v) is 12.9. The van der Waals surface area contributed by atoms with Crippen LogP contribution < -0.4 is 5.73 Å². The van der Waals surface area contributed by atoms with Crippen molar-refractivity contribution in [3.05, 3.63) is 29.8 Å². The van der Waals surface area contributed by atoms with Crippen LogP contribution >= 0.6 is 0 Å². The molecule has 2 fully saturated rings. The van der Waals surface area contributed by atoms with E-state index in [1.807, 2.05) is 12.1 Å². The maximum atomic E-state index is 9.42. The van der Waals surface area contributed by atoms with Gasteiger partial charge in [-0.25, -0.2) is 0 Å². The molecule has 3 rings (SSSR count). The average Bonchev–Trinajstić information content (AvgIpc) is 3.01. The van der Waals surface area contributed by atoms with Crippen molar-refractivity contribution in [3.8, 4) is 5.75 Å². The van der Waals surface area contributed by atoms with Crippen LogP contribution in [0.15, 0.2) is 24.3 Å². The number of nitrogens with zero attached hydrogens (tertiary/aromatic N) is 1. The van der Waals surface area contributed by atoms with Gasteiger partial charge < -0.3 is 10.8 Å². The maximum absolute atomic E-state index is 9.42. The fraction of sp³-hybridized carbons (Fsp3) is 0.667. The van der Waals surface area contributed by atoms with E-state index in [0.29, 0.717) is 5.75 Å². The van der Waals surface area contributed by atoms with Crippen LogP contribution in [0.1, 0.15) is 50.5 Å². The number of aromatic hydroxyl groups is 1. The highest BCUT2D eigenvalue weighted by atomic mass is 16.3. The minimum Gasteiger partial charge on any atom is -0.508 e. The number of likely N-dealkylation sites (tertiary alicyclic amines) is 1. The Bertz CT molecular complexity index is 445. The van der Waals surface area contributed by atoms with E-state index in [0.717, 1.165) is 6.42 Å². The van der Waals surface area contributed by atoms with E-state index in [1.165, 1.54) is 63.6 Å². The lowest BCUT2D eigenvalue weighted by molar-refractivity contribution is 0.0482. The van der Waals surface area contributed by atoms with Crippen LogP contribution in [0.5, 0.6) is 5.75 Å². The van der Waals surface area contributed by atoms with Crippen LogP contribution in [0.3, 0.4) is 0 Å². The highest BCUT2D eigenvalue weighted by molar-refractivity contribution is 5.27. The van der Waals surface area contributed by atoms with Gasteiger partial charge in [0.2, 0.25) is 0 Å². The second kappa shape index (κ2) is 6.37. The summed E-state index contributed by atoms with van der Waals surface area (Å²) in [6, 6.07) is 7.75. The van der Waals surface area contributed by atoms with Gasteiger partial charge in [-0.15, -0.1) is 0 Å². The third-order valence-corrected chi connectivity index (χ3v) is 5.54. The normalized spacial score (nSPS) is 24.0. The number of phenolic OH excluding ortho intramolecular Hbond substituents is 1. The van der Waals surface area contributed by atoms with Crippen molar-refractivity contribution >= 4 is 0 Å². The van der Waals surface area contributed by atoms with E-state index in [4.69, 9.17) is 5.73 Å². The first-order valence-electron chi connectivity index (χ1n) is 8.49. The number of hydrogen-bond donors (Lipinski definition) is 2. The van der Waals surface area contributed by atoms with Gasteiger partial charge in [-0.1, -0.05) is 31.4 Å². The van der Waals surface area contributed by atoms with Gasteiger partial charge in [-0.3, -0.25) is 4.90 Å². The zero-order chi connectivity index (χ0) is 14.7. The van der Waals surface area contributed by atoms with Crippen molar-refractivity contribution < 1.29 is 5.11 Å². The molecular weight excluding hydrogens is 260 g/mol. The molecule has 0 spiro atoms. The lowest BCUT2D eigenvalue weighted by Crippen LogP contribution is -2.60. The van der Waals surface area contributed by atoms with E-state index in [1.54, 1.807) is 12.1 Å². The van der Waals surface area contributed by atoms with Gasteiger partial charge in [0.15, 0.2) is 0 Å². The molecule has 2 aliphatic rings. The second-order valence-corrected chi connectivity index (χ2v) is 6.84. The molecule has 0 bridgehead atoms. The van der Waals surface area contributed by atoms with Crippen LogP contribution in [0.25, 0.3) is 0 Å². The van der Waals surface area contributed by atoms with Crippen molar-refractivity contribution in [2.45, 2.75) is 62.9 Å². The zero-order valence-electron chi connectivity index (χ0n) is 12.9. The molecule has 21 heavy (non-hydrogen) atoms. The Morgan fingerprint density at radius 1 is 1.00 bits per heavy atom. The number of benzene rings is 1. The summed E-state index contributed by atoms with van der Waals surface area (Å²) in [4.78, 5) is 2.70. The van der Waals surface area contributed by atoms with Gasteiger partial charge in [0.1, 0.15) is 5.75 Å². The summed E-state index contributed by atoms with van der Waals surface area (Å²) >= 11 is 0. The van der Waals surface area contributed by atoms with Gasteiger partial charge in [0.05, 0.1) is 0 Å². The summed E-state index contributed by atoms with van der Waals surface area (Å²) in [7, 11) is 0. The number of nitrogens with two attached hydrogens (primary N) is 1. The van der Waals surface area contributed by atoms with Crippen molar-refractivity contribution in [2.24, 2.45) is 5.73 Å². The summed E-state index contributed by atoms with van der Waals surface area (Å²) in [5.41, 5.74) is 8.17. The van der Waals surface area contributed by atoms with E-state index < -0.39 is 0 Å². The molecule has 3 nitrogen and oxygen atoms in total. The highest BCUT2D eigenvalue weighted by Crippen LogP contribution is 2.40. The summed E-state index contributed by atoms with van der Waals surface area (Å²) in [5, 5.41) is 9.42. The van der Waals surface area contributed by atoms with Crippen LogP contribution in [-0.4, -0.2) is 34.7 Å².